The van der Waals surface area contributed by atoms with Gasteiger partial charge >= 0.3 is 0 Å². The molecule has 0 aliphatic heterocycles. The largest absolute Gasteiger partial charge is 0.368 e. The maximum absolute atomic E-state index is 13.9. The highest BCUT2D eigenvalue weighted by Gasteiger charge is 2.38. The molecule has 0 saturated carbocycles. The number of rotatable bonds is 17. The van der Waals surface area contributed by atoms with Crippen LogP contribution in [0.5, 0.6) is 0 Å². The molecule has 258 valence electrons. The van der Waals surface area contributed by atoms with Gasteiger partial charge < -0.3 is 21.3 Å². The van der Waals surface area contributed by atoms with E-state index in [0.717, 1.165) is 5.56 Å². The van der Waals surface area contributed by atoms with Crippen LogP contribution in [0.15, 0.2) is 108 Å². The lowest BCUT2D eigenvalue weighted by Gasteiger charge is -2.26. The molecule has 1 aromatic heterocycles. The molecule has 3 amide bonds. The monoisotopic (exact) mass is 705 g/mol. The first-order chi connectivity index (χ1) is 23.4. The van der Waals surface area contributed by atoms with Gasteiger partial charge in [-0.1, -0.05) is 104 Å². The number of carbonyl (C=O) groups excluding carboxylic acids is 3. The number of amides is 3. The van der Waals surface area contributed by atoms with Crippen LogP contribution in [0.4, 0.5) is 0 Å². The van der Waals surface area contributed by atoms with E-state index in [-0.39, 0.29) is 29.7 Å². The molecule has 1 heterocycles. The number of aromatic nitrogens is 1. The third kappa shape index (κ3) is 10.7. The Morgan fingerprint density at radius 3 is 2.27 bits per heavy atom. The first kappa shape index (κ1) is 37.1. The van der Waals surface area contributed by atoms with E-state index in [1.807, 2.05) is 30.3 Å². The number of sulfonamides is 1. The second-order valence-electron chi connectivity index (χ2n) is 11.5. The number of para-hydroxylation sites is 1. The molecule has 12 nitrogen and oxygen atoms in total. The number of benzene rings is 3. The Bertz CT molecular complexity index is 1940. The van der Waals surface area contributed by atoms with Crippen molar-refractivity contribution < 1.29 is 32.3 Å². The Morgan fingerprint density at radius 1 is 0.918 bits per heavy atom. The van der Waals surface area contributed by atoms with Gasteiger partial charge in [0.1, 0.15) is 28.9 Å². The van der Waals surface area contributed by atoms with Crippen molar-refractivity contribution in [2.45, 2.75) is 55.4 Å². The number of fused-ring (bicyclic) bond motifs is 1. The Morgan fingerprint density at radius 2 is 1.59 bits per heavy atom. The first-order valence-electron chi connectivity index (χ1n) is 15.7. The van der Waals surface area contributed by atoms with Crippen LogP contribution in [-0.2, 0) is 35.4 Å². The van der Waals surface area contributed by atoms with Crippen LogP contribution >= 0.6 is 7.37 Å². The summed E-state index contributed by atoms with van der Waals surface area (Å²) in [5.74, 6) is -4.00. The van der Waals surface area contributed by atoms with Crippen LogP contribution in [0.3, 0.4) is 0 Å². The van der Waals surface area contributed by atoms with Crippen LogP contribution in [0, 0.1) is 0 Å². The van der Waals surface area contributed by atoms with Gasteiger partial charge in [-0.25, -0.2) is 8.42 Å². The number of carbonyl (C=O) groups is 3. The van der Waals surface area contributed by atoms with Crippen molar-refractivity contribution in [3.63, 3.8) is 0 Å². The molecule has 0 aliphatic carbocycles. The minimum atomic E-state index is -4.63. The summed E-state index contributed by atoms with van der Waals surface area (Å²) in [5.41, 5.74) is 7.17. The van der Waals surface area contributed by atoms with E-state index in [1.165, 1.54) is 18.3 Å². The fraction of sp³-hybridized carbons (Fsp3) is 0.257. The second kappa shape index (κ2) is 17.1. The van der Waals surface area contributed by atoms with E-state index >= 15 is 0 Å². The predicted octanol–water partition coefficient (Wildman–Crippen LogP) is 3.71. The zero-order valence-electron chi connectivity index (χ0n) is 26.9. The Kier molecular flexibility index (Phi) is 13.0. The summed E-state index contributed by atoms with van der Waals surface area (Å²) in [6, 6.07) is 23.5. The normalized spacial score (nSPS) is 14.8. The summed E-state index contributed by atoms with van der Waals surface area (Å²) in [7, 11) is -9.04. The topological polar surface area (TPSA) is 198 Å². The fourth-order valence-electron chi connectivity index (χ4n) is 5.18. The lowest BCUT2D eigenvalue weighted by Crippen LogP contribution is -2.53. The number of nitrogens with zero attached hydrogens (tertiary/aromatic N) is 1. The maximum Gasteiger partial charge on any atom is 0.243 e. The number of primary amides is 1. The number of nitrogens with two attached hydrogens (primary N) is 1. The Balaban J connectivity index is 1.50. The van der Waals surface area contributed by atoms with Crippen LogP contribution in [0.2, 0.25) is 0 Å². The van der Waals surface area contributed by atoms with E-state index in [2.05, 4.69) is 20.3 Å². The summed E-state index contributed by atoms with van der Waals surface area (Å²) in [6.45, 7) is 1.78. The molecule has 4 atom stereocenters. The molecular weight excluding hydrogens is 665 g/mol. The van der Waals surface area contributed by atoms with Gasteiger partial charge in [-0.3, -0.25) is 23.9 Å². The van der Waals surface area contributed by atoms with Crippen molar-refractivity contribution in [1.82, 2.24) is 20.3 Å². The van der Waals surface area contributed by atoms with Crippen molar-refractivity contribution in [3.05, 3.63) is 114 Å². The molecule has 6 N–H and O–H groups in total. The zero-order chi connectivity index (χ0) is 35.4. The quantitative estimate of drug-likeness (QED) is 0.102. The molecule has 4 rings (SSSR count). The number of hydrogen-bond donors (Lipinski definition) is 5. The highest BCUT2D eigenvalue weighted by atomic mass is 32.2. The first-order valence-corrected chi connectivity index (χ1v) is 19.1. The minimum Gasteiger partial charge on any atom is -0.368 e. The van der Waals surface area contributed by atoms with Gasteiger partial charge in [0.2, 0.25) is 35.1 Å². The van der Waals surface area contributed by atoms with E-state index in [4.69, 9.17) is 5.73 Å². The van der Waals surface area contributed by atoms with Gasteiger partial charge in [0.15, 0.2) is 0 Å². The van der Waals surface area contributed by atoms with Crippen molar-refractivity contribution in [2.24, 2.45) is 5.73 Å². The average molecular weight is 706 g/mol. The molecule has 1 unspecified atom stereocenters. The van der Waals surface area contributed by atoms with Gasteiger partial charge in [-0.05, 0) is 42.5 Å². The maximum atomic E-state index is 13.9. The van der Waals surface area contributed by atoms with Crippen LogP contribution in [0.25, 0.3) is 17.0 Å². The van der Waals surface area contributed by atoms with Crippen molar-refractivity contribution in [2.75, 3.05) is 6.16 Å². The molecule has 3 aromatic carbocycles. The lowest BCUT2D eigenvalue weighted by molar-refractivity contribution is -0.130. The molecule has 49 heavy (non-hydrogen) atoms. The Labute approximate surface area is 285 Å². The fourth-order valence-corrected chi connectivity index (χ4v) is 8.72. The molecule has 0 bridgehead atoms. The summed E-state index contributed by atoms with van der Waals surface area (Å²) >= 11 is 0. The minimum absolute atomic E-state index is 0.0993. The van der Waals surface area contributed by atoms with E-state index < -0.39 is 59.1 Å². The van der Waals surface area contributed by atoms with Crippen LogP contribution in [0.1, 0.15) is 37.3 Å². The van der Waals surface area contributed by atoms with Crippen LogP contribution < -0.4 is 21.1 Å². The SMILES string of the molecule is CCC[C@H](NC(=O)CP(=O)(O)[C@H](Cc1ccccc1)NS(=O)(=O)c1cccc2cccnc12)C(=O)N[C@@H](C/C=C/c1ccccc1)C(N)=O. The number of hydrogen-bond acceptors (Lipinski definition) is 7. The summed E-state index contributed by atoms with van der Waals surface area (Å²) < 4.78 is 43.6. The van der Waals surface area contributed by atoms with Gasteiger partial charge in [0, 0.05) is 11.6 Å². The average Bonchev–Trinajstić information content (AvgIpc) is 3.07. The van der Waals surface area contributed by atoms with Crippen LogP contribution in [-0.4, -0.2) is 60.0 Å². The highest BCUT2D eigenvalue weighted by molar-refractivity contribution is 7.90. The molecule has 0 fully saturated rings. The highest BCUT2D eigenvalue weighted by Crippen LogP contribution is 2.46. The summed E-state index contributed by atoms with van der Waals surface area (Å²) in [4.78, 5) is 53.9. The van der Waals surface area contributed by atoms with Gasteiger partial charge in [0.05, 0.1) is 5.52 Å². The summed E-state index contributed by atoms with van der Waals surface area (Å²) in [5, 5.41) is 5.62. The van der Waals surface area contributed by atoms with Gasteiger partial charge in [-0.2, -0.15) is 4.72 Å². The lowest BCUT2D eigenvalue weighted by atomic mass is 10.1. The van der Waals surface area contributed by atoms with E-state index in [9.17, 15) is 32.3 Å². The molecule has 14 heteroatoms. The third-order valence-electron chi connectivity index (χ3n) is 7.68. The van der Waals surface area contributed by atoms with Crippen molar-refractivity contribution in [1.29, 1.82) is 0 Å². The van der Waals surface area contributed by atoms with E-state index in [0.29, 0.717) is 17.4 Å². The Hall–Kier alpha value is -4.68. The molecule has 0 spiro atoms. The number of nitrogens with one attached hydrogen (secondary N) is 3. The molecule has 4 aromatic rings. The molecule has 0 aliphatic rings. The standard InChI is InChI=1S/C35H40N5O7PS/c1-2-12-29(35(43)39-28(34(36)42)20-9-17-25-13-5-3-6-14-25)38-31(41)24-48(44,45)32(23-26-15-7-4-8-16-26)40-49(46,47)30-21-10-18-27-19-11-22-37-33(27)30/h3-11,13-19,21-22,28-29,32,40H,2,12,20,23-24H2,1H3,(H2,36,42)(H,38,41)(H,39,43)(H,44,45)/b17-9+/t28-,29-,32+/m0/s1. The third-order valence-corrected chi connectivity index (χ3v) is 11.4. The second-order valence-corrected chi connectivity index (χ2v) is 15.6. The number of pyridine rings is 1. The van der Waals surface area contributed by atoms with Crippen molar-refractivity contribution in [3.8, 4) is 0 Å². The van der Waals surface area contributed by atoms with Gasteiger partial charge in [0.25, 0.3) is 0 Å². The smallest absolute Gasteiger partial charge is 0.243 e. The van der Waals surface area contributed by atoms with Gasteiger partial charge in [-0.15, -0.1) is 0 Å². The summed E-state index contributed by atoms with van der Waals surface area (Å²) in [6.07, 6.45) is 4.46. The molecule has 0 radical (unpaired) electrons. The molecule has 0 saturated heterocycles. The van der Waals surface area contributed by atoms with Crippen molar-refractivity contribution >= 4 is 52.1 Å². The van der Waals surface area contributed by atoms with E-state index in [1.54, 1.807) is 67.6 Å². The zero-order valence-corrected chi connectivity index (χ0v) is 28.6. The predicted molar refractivity (Wildman–Crippen MR) is 189 cm³/mol. The molecular formula is C35H40N5O7PS.